The second-order valence-corrected chi connectivity index (χ2v) is 4.05. The van der Waals surface area contributed by atoms with Crippen molar-refractivity contribution < 1.29 is 8.78 Å². The van der Waals surface area contributed by atoms with Crippen molar-refractivity contribution in [2.24, 2.45) is 0 Å². The number of rotatable bonds is 2. The van der Waals surface area contributed by atoms with E-state index in [0.717, 1.165) is 12.1 Å². The largest absolute Gasteiger partial charge is 0.374 e. The van der Waals surface area contributed by atoms with Gasteiger partial charge in [0.1, 0.15) is 5.01 Å². The van der Waals surface area contributed by atoms with E-state index in [1.807, 2.05) is 0 Å². The summed E-state index contributed by atoms with van der Waals surface area (Å²) >= 11 is 1.23. The molecule has 0 aliphatic carbocycles. The summed E-state index contributed by atoms with van der Waals surface area (Å²) in [4.78, 5) is 0. The molecular formula is C9H7F2N3S. The minimum absolute atomic E-state index is 0.368. The molecule has 1 aromatic carbocycles. The molecule has 0 radical (unpaired) electrons. The first-order valence-corrected chi connectivity index (χ1v) is 4.98. The summed E-state index contributed by atoms with van der Waals surface area (Å²) in [5.74, 6) is -1.71. The molecule has 0 saturated heterocycles. The summed E-state index contributed by atoms with van der Waals surface area (Å²) in [6, 6.07) is 3.75. The molecule has 1 aromatic heterocycles. The van der Waals surface area contributed by atoms with Crippen LogP contribution in [0.1, 0.15) is 10.6 Å². The van der Waals surface area contributed by atoms with Crippen LogP contribution in [0.3, 0.4) is 0 Å². The van der Waals surface area contributed by atoms with Gasteiger partial charge in [-0.05, 0) is 17.7 Å². The van der Waals surface area contributed by atoms with E-state index in [4.69, 9.17) is 5.73 Å². The average Bonchev–Trinajstić information content (AvgIpc) is 2.58. The lowest BCUT2D eigenvalue weighted by Gasteiger charge is -1.98. The van der Waals surface area contributed by atoms with Crippen molar-refractivity contribution in [1.29, 1.82) is 0 Å². The van der Waals surface area contributed by atoms with E-state index < -0.39 is 11.6 Å². The summed E-state index contributed by atoms with van der Waals surface area (Å²) in [6.45, 7) is 0. The third-order valence-electron chi connectivity index (χ3n) is 1.82. The lowest BCUT2D eigenvalue weighted by atomic mass is 10.1. The van der Waals surface area contributed by atoms with Crippen molar-refractivity contribution in [2.75, 3.05) is 5.73 Å². The van der Waals surface area contributed by atoms with Crippen molar-refractivity contribution in [2.45, 2.75) is 6.42 Å². The summed E-state index contributed by atoms with van der Waals surface area (Å²) in [5, 5.41) is 8.47. The number of aromatic nitrogens is 2. The molecule has 78 valence electrons. The Balaban J connectivity index is 2.21. The van der Waals surface area contributed by atoms with E-state index >= 15 is 0 Å². The number of hydrogen-bond donors (Lipinski definition) is 1. The SMILES string of the molecule is Nc1nnc(Cc2ccc(F)c(F)c2)s1. The molecule has 0 fully saturated rings. The van der Waals surface area contributed by atoms with E-state index in [1.165, 1.54) is 17.4 Å². The Bertz CT molecular complexity index is 484. The molecular weight excluding hydrogens is 220 g/mol. The molecule has 2 N–H and O–H groups in total. The molecule has 0 aliphatic heterocycles. The Morgan fingerprint density at radius 2 is 2.00 bits per heavy atom. The van der Waals surface area contributed by atoms with Gasteiger partial charge in [0.2, 0.25) is 5.13 Å². The molecule has 0 spiro atoms. The van der Waals surface area contributed by atoms with Gasteiger partial charge in [-0.15, -0.1) is 10.2 Å². The quantitative estimate of drug-likeness (QED) is 0.853. The Kier molecular flexibility index (Phi) is 2.59. The molecule has 0 aliphatic rings. The van der Waals surface area contributed by atoms with E-state index in [-0.39, 0.29) is 0 Å². The van der Waals surface area contributed by atoms with Gasteiger partial charge in [-0.3, -0.25) is 0 Å². The summed E-state index contributed by atoms with van der Waals surface area (Å²) in [5.41, 5.74) is 6.04. The fourth-order valence-electron chi connectivity index (χ4n) is 1.16. The molecule has 0 saturated carbocycles. The minimum Gasteiger partial charge on any atom is -0.374 e. The van der Waals surface area contributed by atoms with Crippen LogP contribution in [0.5, 0.6) is 0 Å². The molecule has 3 nitrogen and oxygen atoms in total. The lowest BCUT2D eigenvalue weighted by molar-refractivity contribution is 0.507. The zero-order valence-corrected chi connectivity index (χ0v) is 8.39. The topological polar surface area (TPSA) is 51.8 Å². The molecule has 0 amide bonds. The third kappa shape index (κ3) is 2.27. The van der Waals surface area contributed by atoms with Gasteiger partial charge < -0.3 is 5.73 Å². The van der Waals surface area contributed by atoms with E-state index in [1.54, 1.807) is 0 Å². The summed E-state index contributed by atoms with van der Waals surface area (Å²) < 4.78 is 25.5. The first-order valence-electron chi connectivity index (χ1n) is 4.17. The second kappa shape index (κ2) is 3.90. The van der Waals surface area contributed by atoms with Crippen LogP contribution in [0, 0.1) is 11.6 Å². The molecule has 2 aromatic rings. The van der Waals surface area contributed by atoms with Crippen molar-refractivity contribution >= 4 is 16.5 Å². The number of anilines is 1. The first-order chi connectivity index (χ1) is 7.15. The Morgan fingerprint density at radius 1 is 1.20 bits per heavy atom. The fourth-order valence-corrected chi connectivity index (χ4v) is 1.81. The zero-order valence-electron chi connectivity index (χ0n) is 7.58. The number of nitrogen functional groups attached to an aromatic ring is 1. The van der Waals surface area contributed by atoms with Gasteiger partial charge in [0.15, 0.2) is 11.6 Å². The Labute approximate surface area is 88.6 Å². The maximum atomic E-state index is 12.9. The molecule has 0 bridgehead atoms. The highest BCUT2D eigenvalue weighted by Gasteiger charge is 2.06. The number of halogens is 2. The van der Waals surface area contributed by atoms with Crippen LogP contribution >= 0.6 is 11.3 Å². The van der Waals surface area contributed by atoms with Gasteiger partial charge in [0.25, 0.3) is 0 Å². The highest BCUT2D eigenvalue weighted by atomic mass is 32.1. The van der Waals surface area contributed by atoms with Gasteiger partial charge in [-0.1, -0.05) is 17.4 Å². The number of hydrogen-bond acceptors (Lipinski definition) is 4. The van der Waals surface area contributed by atoms with Crippen LogP contribution in [0.4, 0.5) is 13.9 Å². The van der Waals surface area contributed by atoms with Gasteiger partial charge in [-0.2, -0.15) is 0 Å². The molecule has 2 rings (SSSR count). The summed E-state index contributed by atoms with van der Waals surface area (Å²) in [6.07, 6.45) is 0.409. The van der Waals surface area contributed by atoms with Crippen LogP contribution in [-0.4, -0.2) is 10.2 Å². The minimum atomic E-state index is -0.856. The average molecular weight is 227 g/mol. The predicted octanol–water partition coefficient (Wildman–Crippen LogP) is 1.99. The highest BCUT2D eigenvalue weighted by molar-refractivity contribution is 7.15. The zero-order chi connectivity index (χ0) is 10.8. The van der Waals surface area contributed by atoms with Crippen molar-refractivity contribution in [3.05, 3.63) is 40.4 Å². The van der Waals surface area contributed by atoms with Crippen LogP contribution in [0.25, 0.3) is 0 Å². The molecule has 0 unspecified atom stereocenters. The Morgan fingerprint density at radius 3 is 2.60 bits per heavy atom. The normalized spacial score (nSPS) is 10.5. The Hall–Kier alpha value is -1.56. The van der Waals surface area contributed by atoms with Crippen LogP contribution in [0.2, 0.25) is 0 Å². The van der Waals surface area contributed by atoms with Gasteiger partial charge in [-0.25, -0.2) is 8.78 Å². The van der Waals surface area contributed by atoms with Crippen molar-refractivity contribution in [1.82, 2.24) is 10.2 Å². The van der Waals surface area contributed by atoms with Gasteiger partial charge in [0.05, 0.1) is 0 Å². The first kappa shape index (κ1) is 9.97. The van der Waals surface area contributed by atoms with Crippen LogP contribution in [-0.2, 0) is 6.42 Å². The third-order valence-corrected chi connectivity index (χ3v) is 2.57. The van der Waals surface area contributed by atoms with E-state index in [9.17, 15) is 8.78 Å². The smallest absolute Gasteiger partial charge is 0.203 e. The molecule has 0 atom stereocenters. The van der Waals surface area contributed by atoms with Crippen molar-refractivity contribution in [3.63, 3.8) is 0 Å². The lowest BCUT2D eigenvalue weighted by Crippen LogP contribution is -1.91. The number of nitrogens with zero attached hydrogens (tertiary/aromatic N) is 2. The molecule has 1 heterocycles. The maximum Gasteiger partial charge on any atom is 0.203 e. The van der Waals surface area contributed by atoms with E-state index in [2.05, 4.69) is 10.2 Å². The van der Waals surface area contributed by atoms with Gasteiger partial charge >= 0.3 is 0 Å². The maximum absolute atomic E-state index is 12.9. The van der Waals surface area contributed by atoms with Crippen LogP contribution < -0.4 is 5.73 Å². The second-order valence-electron chi connectivity index (χ2n) is 2.96. The van der Waals surface area contributed by atoms with Crippen LogP contribution in [0.15, 0.2) is 18.2 Å². The molecule has 6 heteroatoms. The fraction of sp³-hybridized carbons (Fsp3) is 0.111. The van der Waals surface area contributed by atoms with Gasteiger partial charge in [0, 0.05) is 6.42 Å². The highest BCUT2D eigenvalue weighted by Crippen LogP contribution is 2.17. The van der Waals surface area contributed by atoms with E-state index in [0.29, 0.717) is 22.1 Å². The number of benzene rings is 1. The summed E-state index contributed by atoms with van der Waals surface area (Å²) in [7, 11) is 0. The number of nitrogens with two attached hydrogens (primary N) is 1. The predicted molar refractivity (Wildman–Crippen MR) is 53.5 cm³/mol. The van der Waals surface area contributed by atoms with Crippen molar-refractivity contribution in [3.8, 4) is 0 Å². The monoisotopic (exact) mass is 227 g/mol. The molecule has 15 heavy (non-hydrogen) atoms. The standard InChI is InChI=1S/C9H7F2N3S/c10-6-2-1-5(3-7(6)11)4-8-13-14-9(12)15-8/h1-3H,4H2,(H2,12,14).